The Morgan fingerprint density at radius 1 is 0.882 bits per heavy atom. The van der Waals surface area contributed by atoms with Crippen molar-refractivity contribution in [3.05, 3.63) is 71.1 Å². The van der Waals surface area contributed by atoms with E-state index in [-0.39, 0.29) is 5.78 Å². The SMILES string of the molecule is O=C(c1ccccc1)c1ccc2ccsc2c1. The molecule has 0 atom stereocenters. The number of thiophene rings is 1. The van der Waals surface area contributed by atoms with E-state index >= 15 is 0 Å². The molecule has 3 rings (SSSR count). The molecule has 0 aliphatic heterocycles. The first kappa shape index (κ1) is 10.2. The van der Waals surface area contributed by atoms with Gasteiger partial charge in [0.25, 0.3) is 0 Å². The van der Waals surface area contributed by atoms with Crippen LogP contribution in [0.4, 0.5) is 0 Å². The number of hydrogen-bond acceptors (Lipinski definition) is 2. The predicted octanol–water partition coefficient (Wildman–Crippen LogP) is 4.13. The molecule has 0 saturated carbocycles. The molecule has 0 N–H and O–H groups in total. The van der Waals surface area contributed by atoms with Crippen molar-refractivity contribution in [2.45, 2.75) is 0 Å². The fraction of sp³-hybridized carbons (Fsp3) is 0. The Morgan fingerprint density at radius 2 is 1.71 bits per heavy atom. The zero-order chi connectivity index (χ0) is 11.7. The molecule has 82 valence electrons. The monoisotopic (exact) mass is 238 g/mol. The molecule has 0 fully saturated rings. The highest BCUT2D eigenvalue weighted by molar-refractivity contribution is 7.17. The van der Waals surface area contributed by atoms with Crippen LogP contribution >= 0.6 is 11.3 Å². The second kappa shape index (κ2) is 4.15. The lowest BCUT2D eigenvalue weighted by molar-refractivity contribution is 0.103. The number of fused-ring (bicyclic) bond motifs is 1. The molecule has 0 spiro atoms. The molecular weight excluding hydrogens is 228 g/mol. The summed E-state index contributed by atoms with van der Waals surface area (Å²) in [5.74, 6) is 0.0842. The van der Waals surface area contributed by atoms with Gasteiger partial charge < -0.3 is 0 Å². The van der Waals surface area contributed by atoms with Crippen LogP contribution < -0.4 is 0 Å². The maximum absolute atomic E-state index is 12.2. The third-order valence-corrected chi connectivity index (χ3v) is 3.63. The average molecular weight is 238 g/mol. The summed E-state index contributed by atoms with van der Waals surface area (Å²) in [4.78, 5) is 12.2. The van der Waals surface area contributed by atoms with Crippen LogP contribution in [0.3, 0.4) is 0 Å². The quantitative estimate of drug-likeness (QED) is 0.613. The fourth-order valence-electron chi connectivity index (χ4n) is 1.85. The van der Waals surface area contributed by atoms with E-state index in [0.29, 0.717) is 0 Å². The van der Waals surface area contributed by atoms with Crippen molar-refractivity contribution in [3.8, 4) is 0 Å². The second-order valence-electron chi connectivity index (χ2n) is 3.87. The summed E-state index contributed by atoms with van der Waals surface area (Å²) in [7, 11) is 0. The topological polar surface area (TPSA) is 17.1 Å². The first-order chi connectivity index (χ1) is 8.34. The van der Waals surface area contributed by atoms with Gasteiger partial charge in [-0.1, -0.05) is 42.5 Å². The molecule has 1 aromatic heterocycles. The van der Waals surface area contributed by atoms with Crippen LogP contribution in [0.5, 0.6) is 0 Å². The lowest BCUT2D eigenvalue weighted by Crippen LogP contribution is -2.00. The van der Waals surface area contributed by atoms with Crippen LogP contribution in [-0.2, 0) is 0 Å². The third-order valence-electron chi connectivity index (χ3n) is 2.75. The largest absolute Gasteiger partial charge is 0.289 e. The van der Waals surface area contributed by atoms with Gasteiger partial charge in [0.1, 0.15) is 0 Å². The molecule has 3 aromatic rings. The van der Waals surface area contributed by atoms with Gasteiger partial charge >= 0.3 is 0 Å². The van der Waals surface area contributed by atoms with E-state index in [9.17, 15) is 4.79 Å². The van der Waals surface area contributed by atoms with Crippen molar-refractivity contribution in [1.29, 1.82) is 0 Å². The van der Waals surface area contributed by atoms with Gasteiger partial charge in [-0.05, 0) is 22.9 Å². The molecule has 2 aromatic carbocycles. The lowest BCUT2D eigenvalue weighted by Gasteiger charge is -2.01. The Bertz CT molecular complexity index is 667. The van der Waals surface area contributed by atoms with E-state index in [1.54, 1.807) is 11.3 Å². The van der Waals surface area contributed by atoms with Crippen molar-refractivity contribution in [2.24, 2.45) is 0 Å². The van der Waals surface area contributed by atoms with Crippen LogP contribution in [0.25, 0.3) is 10.1 Å². The minimum Gasteiger partial charge on any atom is -0.289 e. The van der Waals surface area contributed by atoms with E-state index < -0.39 is 0 Å². The van der Waals surface area contributed by atoms with Crippen molar-refractivity contribution in [3.63, 3.8) is 0 Å². The van der Waals surface area contributed by atoms with E-state index in [1.807, 2.05) is 53.9 Å². The van der Waals surface area contributed by atoms with Gasteiger partial charge in [-0.2, -0.15) is 0 Å². The molecule has 17 heavy (non-hydrogen) atoms. The molecule has 2 heteroatoms. The Balaban J connectivity index is 2.06. The van der Waals surface area contributed by atoms with Gasteiger partial charge in [0.05, 0.1) is 0 Å². The normalized spacial score (nSPS) is 10.6. The maximum atomic E-state index is 12.2. The minimum absolute atomic E-state index is 0.0842. The highest BCUT2D eigenvalue weighted by atomic mass is 32.1. The van der Waals surface area contributed by atoms with Crippen LogP contribution in [0.2, 0.25) is 0 Å². The van der Waals surface area contributed by atoms with Crippen LogP contribution in [0, 0.1) is 0 Å². The molecule has 0 unspecified atom stereocenters. The van der Waals surface area contributed by atoms with Crippen molar-refractivity contribution >= 4 is 27.2 Å². The summed E-state index contributed by atoms with van der Waals surface area (Å²) >= 11 is 1.66. The minimum atomic E-state index is 0.0842. The Morgan fingerprint density at radius 3 is 2.53 bits per heavy atom. The smallest absolute Gasteiger partial charge is 0.193 e. The zero-order valence-corrected chi connectivity index (χ0v) is 9.91. The third kappa shape index (κ3) is 1.87. The summed E-state index contributed by atoms with van der Waals surface area (Å²) in [6, 6.07) is 17.3. The first-order valence-corrected chi connectivity index (χ1v) is 6.29. The van der Waals surface area contributed by atoms with Crippen molar-refractivity contribution < 1.29 is 4.79 Å². The van der Waals surface area contributed by atoms with Gasteiger partial charge in [-0.3, -0.25) is 4.79 Å². The first-order valence-electron chi connectivity index (χ1n) is 5.41. The highest BCUT2D eigenvalue weighted by Crippen LogP contribution is 2.23. The Labute approximate surface area is 103 Å². The Kier molecular flexibility index (Phi) is 2.50. The maximum Gasteiger partial charge on any atom is 0.193 e. The number of benzene rings is 2. The zero-order valence-electron chi connectivity index (χ0n) is 9.09. The van der Waals surface area contributed by atoms with Gasteiger partial charge in [0.2, 0.25) is 0 Å². The average Bonchev–Trinajstić information content (AvgIpc) is 2.86. The van der Waals surface area contributed by atoms with Crippen LogP contribution in [-0.4, -0.2) is 5.78 Å². The number of rotatable bonds is 2. The molecular formula is C15H10OS. The summed E-state index contributed by atoms with van der Waals surface area (Å²) in [6.07, 6.45) is 0. The summed E-state index contributed by atoms with van der Waals surface area (Å²) in [5.41, 5.74) is 1.49. The second-order valence-corrected chi connectivity index (χ2v) is 4.82. The van der Waals surface area contributed by atoms with Crippen LogP contribution in [0.1, 0.15) is 15.9 Å². The number of carbonyl (C=O) groups excluding carboxylic acids is 1. The van der Waals surface area contributed by atoms with Gasteiger partial charge in [-0.25, -0.2) is 0 Å². The van der Waals surface area contributed by atoms with E-state index in [2.05, 4.69) is 6.07 Å². The van der Waals surface area contributed by atoms with Crippen molar-refractivity contribution in [1.82, 2.24) is 0 Å². The standard InChI is InChI=1S/C15H10OS/c16-15(12-4-2-1-3-5-12)13-7-6-11-8-9-17-14(11)10-13/h1-10H. The number of ketones is 1. The molecule has 0 aliphatic rings. The molecule has 0 aliphatic carbocycles. The molecule has 1 nitrogen and oxygen atoms in total. The summed E-state index contributed by atoms with van der Waals surface area (Å²) in [6.45, 7) is 0. The van der Waals surface area contributed by atoms with Crippen molar-refractivity contribution in [2.75, 3.05) is 0 Å². The molecule has 0 amide bonds. The molecule has 0 radical (unpaired) electrons. The Hall–Kier alpha value is -1.93. The van der Waals surface area contributed by atoms with Gasteiger partial charge in [0, 0.05) is 15.8 Å². The molecule has 0 bridgehead atoms. The molecule has 0 saturated heterocycles. The van der Waals surface area contributed by atoms with E-state index in [4.69, 9.17) is 0 Å². The summed E-state index contributed by atoms with van der Waals surface area (Å²) in [5, 5.41) is 3.24. The van der Waals surface area contributed by atoms with Gasteiger partial charge in [0.15, 0.2) is 5.78 Å². The van der Waals surface area contributed by atoms with Crippen LogP contribution in [0.15, 0.2) is 60.0 Å². The number of hydrogen-bond donors (Lipinski definition) is 0. The summed E-state index contributed by atoms with van der Waals surface area (Å²) < 4.78 is 1.16. The van der Waals surface area contributed by atoms with E-state index in [1.165, 1.54) is 5.39 Å². The van der Waals surface area contributed by atoms with E-state index in [0.717, 1.165) is 15.8 Å². The lowest BCUT2D eigenvalue weighted by atomic mass is 10.0. The predicted molar refractivity (Wildman–Crippen MR) is 71.7 cm³/mol. The highest BCUT2D eigenvalue weighted by Gasteiger charge is 2.08. The number of carbonyl (C=O) groups is 1. The van der Waals surface area contributed by atoms with Gasteiger partial charge in [-0.15, -0.1) is 11.3 Å². The fourth-order valence-corrected chi connectivity index (χ4v) is 2.68. The molecule has 1 heterocycles.